The molecule has 16 heavy (non-hydrogen) atoms. The van der Waals surface area contributed by atoms with Gasteiger partial charge in [0, 0.05) is 32.7 Å². The smallest absolute Gasteiger partial charge is 0.193 e. The number of nitrogens with zero attached hydrogens (tertiary/aromatic N) is 3. The predicted octanol–water partition coefficient (Wildman–Crippen LogP) is 1.23. The molecule has 1 unspecified atom stereocenters. The van der Waals surface area contributed by atoms with E-state index in [4.69, 9.17) is 0 Å². The highest BCUT2D eigenvalue weighted by molar-refractivity contribution is 14.0. The zero-order chi connectivity index (χ0) is 11.3. The summed E-state index contributed by atoms with van der Waals surface area (Å²) < 4.78 is 0. The highest BCUT2D eigenvalue weighted by Gasteiger charge is 2.12. The first-order chi connectivity index (χ1) is 7.15. The van der Waals surface area contributed by atoms with Gasteiger partial charge in [0.2, 0.25) is 0 Å². The Morgan fingerprint density at radius 1 is 1.56 bits per heavy atom. The minimum Gasteiger partial charge on any atom is -0.355 e. The number of guanidine groups is 1. The zero-order valence-electron chi connectivity index (χ0n) is 10.9. The Morgan fingerprint density at radius 3 is 2.75 bits per heavy atom. The largest absolute Gasteiger partial charge is 0.355 e. The van der Waals surface area contributed by atoms with Crippen LogP contribution in [0.2, 0.25) is 0 Å². The molecule has 1 aliphatic rings. The first-order valence-electron chi connectivity index (χ1n) is 5.84. The van der Waals surface area contributed by atoms with Gasteiger partial charge in [-0.05, 0) is 20.4 Å². The van der Waals surface area contributed by atoms with Gasteiger partial charge in [0.15, 0.2) is 5.96 Å². The van der Waals surface area contributed by atoms with Crippen LogP contribution >= 0.6 is 24.0 Å². The summed E-state index contributed by atoms with van der Waals surface area (Å²) in [6, 6.07) is 0.662. The van der Waals surface area contributed by atoms with Crippen molar-refractivity contribution >= 4 is 29.9 Å². The molecule has 1 atom stereocenters. The van der Waals surface area contributed by atoms with Gasteiger partial charge in [-0.3, -0.25) is 4.99 Å². The summed E-state index contributed by atoms with van der Waals surface area (Å²) in [6.07, 6.45) is 1.21. The van der Waals surface area contributed by atoms with Crippen molar-refractivity contribution in [2.45, 2.75) is 26.3 Å². The maximum absolute atomic E-state index is 4.39. The first kappa shape index (κ1) is 16.0. The average molecular weight is 340 g/mol. The molecule has 0 aliphatic carbocycles. The van der Waals surface area contributed by atoms with Crippen LogP contribution < -0.4 is 5.32 Å². The van der Waals surface area contributed by atoms with Gasteiger partial charge in [0.05, 0.1) is 6.54 Å². The van der Waals surface area contributed by atoms with Crippen LogP contribution in [0, 0.1) is 0 Å². The van der Waals surface area contributed by atoms with Crippen LogP contribution in [0.4, 0.5) is 0 Å². The molecular weight excluding hydrogens is 315 g/mol. The molecule has 0 saturated heterocycles. The molecule has 0 bridgehead atoms. The van der Waals surface area contributed by atoms with Crippen LogP contribution in [0.15, 0.2) is 4.99 Å². The lowest BCUT2D eigenvalue weighted by Gasteiger charge is -2.24. The molecule has 1 N–H and O–H groups in total. The summed E-state index contributed by atoms with van der Waals surface area (Å²) in [4.78, 5) is 8.94. The minimum atomic E-state index is 0. The third-order valence-corrected chi connectivity index (χ3v) is 3.15. The number of aliphatic imine (C=N–C) groups is 1. The van der Waals surface area contributed by atoms with Crippen molar-refractivity contribution in [3.8, 4) is 0 Å². The van der Waals surface area contributed by atoms with E-state index >= 15 is 0 Å². The summed E-state index contributed by atoms with van der Waals surface area (Å²) in [5.74, 6) is 1.05. The fourth-order valence-corrected chi connectivity index (χ4v) is 1.60. The number of nitrogens with one attached hydrogen (secondary N) is 1. The lowest BCUT2D eigenvalue weighted by Crippen LogP contribution is -2.41. The Bertz CT molecular complexity index is 220. The SMILES string of the molecule is CCC(C)N(C)CCNC1=NCCN1C.I. The van der Waals surface area contributed by atoms with E-state index in [1.807, 2.05) is 0 Å². The summed E-state index contributed by atoms with van der Waals surface area (Å²) in [5.41, 5.74) is 0. The standard InChI is InChI=1S/C11H24N4.HI/c1-5-10(2)14(3)8-6-12-11-13-7-9-15(11)4;/h10H,5-9H2,1-4H3,(H,12,13);1H. The third kappa shape index (κ3) is 4.86. The summed E-state index contributed by atoms with van der Waals surface area (Å²) in [7, 11) is 4.26. The molecule has 0 amide bonds. The Labute approximate surface area is 116 Å². The second kappa shape index (κ2) is 8.11. The Morgan fingerprint density at radius 2 is 2.25 bits per heavy atom. The van der Waals surface area contributed by atoms with Crippen molar-refractivity contribution < 1.29 is 0 Å². The molecule has 5 heteroatoms. The molecular formula is C11H25IN4. The van der Waals surface area contributed by atoms with Crippen LogP contribution in [-0.4, -0.2) is 62.1 Å². The Balaban J connectivity index is 0.00000225. The molecule has 96 valence electrons. The molecule has 1 heterocycles. The van der Waals surface area contributed by atoms with Gasteiger partial charge < -0.3 is 15.1 Å². The molecule has 0 aromatic heterocycles. The normalized spacial score (nSPS) is 17.1. The monoisotopic (exact) mass is 340 g/mol. The maximum atomic E-state index is 4.39. The predicted molar refractivity (Wildman–Crippen MR) is 80.7 cm³/mol. The van der Waals surface area contributed by atoms with Gasteiger partial charge in [0.1, 0.15) is 0 Å². The number of rotatable bonds is 5. The summed E-state index contributed by atoms with van der Waals surface area (Å²) in [6.45, 7) is 8.51. The second-order valence-corrected chi connectivity index (χ2v) is 4.29. The molecule has 0 saturated carbocycles. The van der Waals surface area contributed by atoms with Crippen molar-refractivity contribution in [1.29, 1.82) is 0 Å². The maximum Gasteiger partial charge on any atom is 0.193 e. The van der Waals surface area contributed by atoms with E-state index < -0.39 is 0 Å². The van der Waals surface area contributed by atoms with E-state index in [0.29, 0.717) is 6.04 Å². The zero-order valence-corrected chi connectivity index (χ0v) is 13.2. The summed E-state index contributed by atoms with van der Waals surface area (Å²) >= 11 is 0. The highest BCUT2D eigenvalue weighted by atomic mass is 127. The fourth-order valence-electron chi connectivity index (χ4n) is 1.60. The highest BCUT2D eigenvalue weighted by Crippen LogP contribution is 1.99. The van der Waals surface area contributed by atoms with Gasteiger partial charge in [-0.2, -0.15) is 0 Å². The lowest BCUT2D eigenvalue weighted by atomic mass is 10.2. The fraction of sp³-hybridized carbons (Fsp3) is 0.909. The molecule has 1 rings (SSSR count). The topological polar surface area (TPSA) is 30.9 Å². The van der Waals surface area contributed by atoms with Crippen molar-refractivity contribution in [2.75, 3.05) is 40.3 Å². The molecule has 0 aromatic carbocycles. The van der Waals surface area contributed by atoms with Crippen molar-refractivity contribution in [3.63, 3.8) is 0 Å². The van der Waals surface area contributed by atoms with E-state index in [9.17, 15) is 0 Å². The number of hydrogen-bond donors (Lipinski definition) is 1. The second-order valence-electron chi connectivity index (χ2n) is 4.29. The van der Waals surface area contributed by atoms with Gasteiger partial charge in [0.25, 0.3) is 0 Å². The van der Waals surface area contributed by atoms with Crippen LogP contribution in [0.3, 0.4) is 0 Å². The van der Waals surface area contributed by atoms with Gasteiger partial charge in [-0.25, -0.2) is 0 Å². The third-order valence-electron chi connectivity index (χ3n) is 3.15. The molecule has 0 fully saturated rings. The number of hydrogen-bond acceptors (Lipinski definition) is 4. The number of halogens is 1. The quantitative estimate of drug-likeness (QED) is 0.764. The van der Waals surface area contributed by atoms with Crippen molar-refractivity contribution in [1.82, 2.24) is 15.1 Å². The number of likely N-dealkylation sites (N-methyl/N-ethyl adjacent to an activating group) is 2. The van der Waals surface area contributed by atoms with Crippen LogP contribution in [-0.2, 0) is 0 Å². The van der Waals surface area contributed by atoms with E-state index in [-0.39, 0.29) is 24.0 Å². The van der Waals surface area contributed by atoms with Gasteiger partial charge in [-0.1, -0.05) is 6.92 Å². The molecule has 0 aromatic rings. The molecule has 4 nitrogen and oxygen atoms in total. The van der Waals surface area contributed by atoms with Crippen molar-refractivity contribution in [3.05, 3.63) is 0 Å². The molecule has 0 spiro atoms. The van der Waals surface area contributed by atoms with Crippen LogP contribution in [0.25, 0.3) is 0 Å². The lowest BCUT2D eigenvalue weighted by molar-refractivity contribution is 0.255. The van der Waals surface area contributed by atoms with Crippen LogP contribution in [0.1, 0.15) is 20.3 Å². The molecule has 1 aliphatic heterocycles. The van der Waals surface area contributed by atoms with Gasteiger partial charge >= 0.3 is 0 Å². The van der Waals surface area contributed by atoms with E-state index in [1.165, 1.54) is 6.42 Å². The van der Waals surface area contributed by atoms with Gasteiger partial charge in [-0.15, -0.1) is 24.0 Å². The average Bonchev–Trinajstić information content (AvgIpc) is 2.63. The Hall–Kier alpha value is -0.0400. The van der Waals surface area contributed by atoms with E-state index in [1.54, 1.807) is 0 Å². The molecule has 0 radical (unpaired) electrons. The van der Waals surface area contributed by atoms with E-state index in [2.05, 4.69) is 48.1 Å². The van der Waals surface area contributed by atoms with E-state index in [0.717, 1.165) is 32.1 Å². The Kier molecular flexibility index (Phi) is 8.09. The first-order valence-corrected chi connectivity index (χ1v) is 5.84. The summed E-state index contributed by atoms with van der Waals surface area (Å²) in [5, 5.41) is 3.38. The van der Waals surface area contributed by atoms with Crippen molar-refractivity contribution in [2.24, 2.45) is 4.99 Å². The van der Waals surface area contributed by atoms with Crippen LogP contribution in [0.5, 0.6) is 0 Å². The minimum absolute atomic E-state index is 0.